The molecule has 0 saturated carbocycles. The largest absolute Gasteiger partial charge is 0.368 e. The fourth-order valence-corrected chi connectivity index (χ4v) is 4.92. The van der Waals surface area contributed by atoms with Crippen LogP contribution in [-0.2, 0) is 4.79 Å². The Kier molecular flexibility index (Phi) is 5.26. The average molecular weight is 437 g/mol. The van der Waals surface area contributed by atoms with E-state index in [-0.39, 0.29) is 17.9 Å². The number of hydrogen-bond donors (Lipinski definition) is 4. The number of nitrogens with two attached hydrogens (primary N) is 1. The maximum atomic E-state index is 11.5. The summed E-state index contributed by atoms with van der Waals surface area (Å²) in [4.78, 5) is 19.1. The number of aromatic nitrogens is 2. The molecular weight excluding hydrogens is 412 g/mol. The molecule has 1 amide bonds. The summed E-state index contributed by atoms with van der Waals surface area (Å²) in [5.74, 6) is 2.60. The van der Waals surface area contributed by atoms with E-state index < -0.39 is 0 Å². The Morgan fingerprint density at radius 1 is 1.39 bits per heavy atom. The number of nitrogens with one attached hydrogen (secondary N) is 3. The number of anilines is 1. The Labute approximate surface area is 184 Å². The van der Waals surface area contributed by atoms with E-state index in [9.17, 15) is 4.79 Å². The first-order chi connectivity index (χ1) is 15.0. The van der Waals surface area contributed by atoms with Gasteiger partial charge in [-0.1, -0.05) is 12.1 Å². The molecule has 1 aromatic carbocycles. The third-order valence-corrected chi connectivity index (χ3v) is 6.46. The van der Waals surface area contributed by atoms with Gasteiger partial charge >= 0.3 is 0 Å². The second-order valence-electron chi connectivity index (χ2n) is 7.82. The SMILES string of the molecule is Cc1cc(NC2=CN(Sc3cccc(C4CNC(C(N)=O)C4)c3)CC3=NC=C[N+]23)n[nH]1. The molecule has 2 atom stereocenters. The van der Waals surface area contributed by atoms with Gasteiger partial charge in [-0.05, 0) is 53.8 Å². The molecule has 1 radical (unpaired) electrons. The van der Waals surface area contributed by atoms with Crippen LogP contribution in [0.15, 0.2) is 64.6 Å². The Morgan fingerprint density at radius 2 is 2.29 bits per heavy atom. The number of amides is 1. The fourth-order valence-electron chi connectivity index (χ4n) is 3.99. The number of aromatic amines is 1. The maximum absolute atomic E-state index is 11.5. The number of amidine groups is 1. The van der Waals surface area contributed by atoms with Crippen molar-refractivity contribution in [2.24, 2.45) is 10.7 Å². The van der Waals surface area contributed by atoms with Crippen molar-refractivity contribution in [3.8, 4) is 0 Å². The topological polar surface area (TPSA) is 117 Å². The maximum Gasteiger partial charge on any atom is 0.285 e. The first kappa shape index (κ1) is 19.9. The highest BCUT2D eigenvalue weighted by Crippen LogP contribution is 2.32. The van der Waals surface area contributed by atoms with Gasteiger partial charge in [0.15, 0.2) is 12.0 Å². The van der Waals surface area contributed by atoms with Gasteiger partial charge in [-0.25, -0.2) is 0 Å². The van der Waals surface area contributed by atoms with Gasteiger partial charge < -0.3 is 11.1 Å². The van der Waals surface area contributed by atoms with Gasteiger partial charge in [-0.2, -0.15) is 10.1 Å². The van der Waals surface area contributed by atoms with E-state index in [1.807, 2.05) is 24.1 Å². The molecule has 0 bridgehead atoms. The molecule has 3 aliphatic heterocycles. The minimum atomic E-state index is -0.283. The van der Waals surface area contributed by atoms with Crippen LogP contribution in [0.5, 0.6) is 0 Å². The number of nitrogens with zero attached hydrogens (tertiary/aromatic N) is 4. The molecule has 5 N–H and O–H groups in total. The summed E-state index contributed by atoms with van der Waals surface area (Å²) in [6.07, 6.45) is 6.55. The zero-order valence-corrected chi connectivity index (χ0v) is 17.9. The summed E-state index contributed by atoms with van der Waals surface area (Å²) in [6.45, 7) is 3.41. The second-order valence-corrected chi connectivity index (χ2v) is 8.95. The number of H-pyrrole nitrogens is 1. The van der Waals surface area contributed by atoms with E-state index in [0.29, 0.717) is 6.54 Å². The molecule has 1 aromatic heterocycles. The van der Waals surface area contributed by atoms with Crippen LogP contribution in [0.1, 0.15) is 23.6 Å². The number of fused-ring (bicyclic) bond motifs is 1. The third-order valence-electron chi connectivity index (χ3n) is 5.53. The van der Waals surface area contributed by atoms with Crippen molar-refractivity contribution < 1.29 is 4.79 Å². The number of carbonyl (C=O) groups excluding carboxylic acids is 1. The molecular formula is C21H24N8OS+. The Bertz CT molecular complexity index is 1090. The Morgan fingerprint density at radius 3 is 3.06 bits per heavy atom. The van der Waals surface area contributed by atoms with Gasteiger partial charge in [-0.15, -0.1) is 0 Å². The van der Waals surface area contributed by atoms with E-state index in [0.717, 1.165) is 41.0 Å². The Balaban J connectivity index is 1.33. The number of carbonyl (C=O) groups is 1. The van der Waals surface area contributed by atoms with E-state index in [1.165, 1.54) is 5.56 Å². The van der Waals surface area contributed by atoms with Gasteiger partial charge in [0.25, 0.3) is 11.7 Å². The van der Waals surface area contributed by atoms with E-state index in [4.69, 9.17) is 5.73 Å². The Hall–Kier alpha value is -3.08. The predicted molar refractivity (Wildman–Crippen MR) is 121 cm³/mol. The van der Waals surface area contributed by atoms with Crippen molar-refractivity contribution >= 4 is 29.5 Å². The minimum Gasteiger partial charge on any atom is -0.368 e. The highest BCUT2D eigenvalue weighted by atomic mass is 32.2. The lowest BCUT2D eigenvalue weighted by Crippen LogP contribution is -2.42. The van der Waals surface area contributed by atoms with E-state index in [1.54, 1.807) is 18.1 Å². The van der Waals surface area contributed by atoms with Crippen molar-refractivity contribution in [1.82, 2.24) is 24.7 Å². The van der Waals surface area contributed by atoms with Crippen LogP contribution in [0, 0.1) is 6.92 Å². The summed E-state index contributed by atoms with van der Waals surface area (Å²) < 4.78 is 2.16. The molecule has 2 unspecified atom stereocenters. The zero-order valence-electron chi connectivity index (χ0n) is 17.1. The van der Waals surface area contributed by atoms with Crippen molar-refractivity contribution in [3.63, 3.8) is 0 Å². The molecule has 31 heavy (non-hydrogen) atoms. The first-order valence-corrected chi connectivity index (χ1v) is 10.9. The lowest BCUT2D eigenvalue weighted by atomic mass is 9.96. The van der Waals surface area contributed by atoms with Crippen LogP contribution >= 0.6 is 11.9 Å². The summed E-state index contributed by atoms with van der Waals surface area (Å²) in [6, 6.07) is 10.2. The van der Waals surface area contributed by atoms with Crippen LogP contribution < -0.4 is 21.3 Å². The predicted octanol–water partition coefficient (Wildman–Crippen LogP) is 1.91. The van der Waals surface area contributed by atoms with Gasteiger partial charge in [0.05, 0.1) is 18.4 Å². The smallest absolute Gasteiger partial charge is 0.285 e. The number of primary amides is 1. The molecule has 1 saturated heterocycles. The lowest BCUT2D eigenvalue weighted by Gasteiger charge is -2.24. The molecule has 10 heteroatoms. The van der Waals surface area contributed by atoms with Crippen LogP contribution in [0.3, 0.4) is 0 Å². The van der Waals surface area contributed by atoms with E-state index >= 15 is 0 Å². The van der Waals surface area contributed by atoms with Gasteiger partial charge in [-0.3, -0.25) is 19.5 Å². The molecule has 5 rings (SSSR count). The van der Waals surface area contributed by atoms with Gasteiger partial charge in [0.2, 0.25) is 5.91 Å². The quantitative estimate of drug-likeness (QED) is 0.406. The highest BCUT2D eigenvalue weighted by Gasteiger charge is 2.37. The molecule has 0 aliphatic carbocycles. The van der Waals surface area contributed by atoms with Crippen LogP contribution in [0.25, 0.3) is 0 Å². The standard InChI is InChI=1S/C21H24N8OS/c1-13-7-18(27-26-13)25-20-12-28(11-19-23-5-6-29(19)20)31-16-4-2-3-14(8-16)15-9-17(21(22)30)24-10-15/h2-8,12,15,17,24H,9-11H2,1H3,(H2,22,30)(H2,25,26,27)/q+1. The average Bonchev–Trinajstić information content (AvgIpc) is 3.49. The number of aliphatic imine (C=N–C) groups is 1. The molecule has 0 spiro atoms. The highest BCUT2D eigenvalue weighted by molar-refractivity contribution is 7.97. The van der Waals surface area contributed by atoms with Crippen molar-refractivity contribution in [1.29, 1.82) is 0 Å². The summed E-state index contributed by atoms with van der Waals surface area (Å²) in [7, 11) is 0. The number of aryl methyl sites for hydroxylation is 1. The number of hydrogen-bond acceptors (Lipinski definition) is 8. The van der Waals surface area contributed by atoms with Crippen LogP contribution in [-0.4, -0.2) is 45.4 Å². The van der Waals surface area contributed by atoms with Gasteiger partial charge in [0, 0.05) is 23.2 Å². The zero-order chi connectivity index (χ0) is 21.4. The van der Waals surface area contributed by atoms with Crippen molar-refractivity contribution in [2.75, 3.05) is 18.4 Å². The van der Waals surface area contributed by atoms with Crippen LogP contribution in [0.4, 0.5) is 5.82 Å². The third kappa shape index (κ3) is 4.22. The molecule has 159 valence electrons. The molecule has 4 heterocycles. The van der Waals surface area contributed by atoms with Crippen molar-refractivity contribution in [3.05, 3.63) is 66.0 Å². The number of benzene rings is 1. The summed E-state index contributed by atoms with van der Waals surface area (Å²) in [5, 5.41) is 13.8. The molecule has 2 aromatic rings. The minimum absolute atomic E-state index is 0.246. The molecule has 1 fully saturated rings. The number of rotatable bonds is 6. The summed E-state index contributed by atoms with van der Waals surface area (Å²) in [5.41, 5.74) is 7.66. The van der Waals surface area contributed by atoms with Crippen LogP contribution in [0.2, 0.25) is 0 Å². The normalized spacial score (nSPS) is 22.9. The monoisotopic (exact) mass is 436 g/mol. The molecule has 3 aliphatic rings. The van der Waals surface area contributed by atoms with E-state index in [2.05, 4.69) is 60.6 Å². The lowest BCUT2D eigenvalue weighted by molar-refractivity contribution is -0.119. The van der Waals surface area contributed by atoms with Gasteiger partial charge in [0.1, 0.15) is 6.54 Å². The second kappa shape index (κ2) is 8.22. The van der Waals surface area contributed by atoms with Crippen molar-refractivity contribution in [2.45, 2.75) is 30.2 Å². The summed E-state index contributed by atoms with van der Waals surface area (Å²) >= 11 is 1.65. The molecule has 9 nitrogen and oxygen atoms in total. The first-order valence-electron chi connectivity index (χ1n) is 10.2. The fraction of sp³-hybridized carbons (Fsp3) is 0.286.